The molecule has 2 saturated heterocycles. The van der Waals surface area contributed by atoms with Crippen LogP contribution in [0.3, 0.4) is 0 Å². The van der Waals surface area contributed by atoms with E-state index >= 15 is 0 Å². The molecular weight excluding hydrogens is 511 g/mol. The van der Waals surface area contributed by atoms with Crippen molar-refractivity contribution in [1.29, 1.82) is 0 Å². The molecule has 2 aromatic carbocycles. The van der Waals surface area contributed by atoms with Crippen molar-refractivity contribution in [3.63, 3.8) is 0 Å². The SMILES string of the molecule is COc1ccc([C@@H]2CN3CCC[C@@]3(CNc3cc(F)c(S(=O)(=O)Nc4nccs4)cc3Cl)C2)cc1. The molecule has 3 aromatic rings. The summed E-state index contributed by atoms with van der Waals surface area (Å²) in [5.74, 6) is 0.372. The zero-order chi connectivity index (χ0) is 24.6. The molecule has 2 atom stereocenters. The van der Waals surface area contributed by atoms with Crippen LogP contribution in [-0.4, -0.2) is 50.6 Å². The van der Waals surface area contributed by atoms with Crippen LogP contribution in [0, 0.1) is 5.82 Å². The minimum absolute atomic E-state index is 0.0540. The molecule has 0 spiro atoms. The predicted octanol–water partition coefficient (Wildman–Crippen LogP) is 5.18. The lowest BCUT2D eigenvalue weighted by Crippen LogP contribution is -2.44. The molecule has 0 aliphatic carbocycles. The van der Waals surface area contributed by atoms with Crippen LogP contribution in [0.15, 0.2) is 52.9 Å². The first-order valence-electron chi connectivity index (χ1n) is 11.3. The van der Waals surface area contributed by atoms with Crippen LogP contribution in [0.25, 0.3) is 0 Å². The first-order valence-corrected chi connectivity index (χ1v) is 14.1. The van der Waals surface area contributed by atoms with Crippen molar-refractivity contribution < 1.29 is 17.5 Å². The highest BCUT2D eigenvalue weighted by atomic mass is 35.5. The number of sulfonamides is 1. The second kappa shape index (κ2) is 9.57. The van der Waals surface area contributed by atoms with Gasteiger partial charge in [-0.05, 0) is 61.6 Å². The quantitative estimate of drug-likeness (QED) is 0.413. The highest BCUT2D eigenvalue weighted by molar-refractivity contribution is 7.93. The van der Waals surface area contributed by atoms with Crippen LogP contribution >= 0.6 is 22.9 Å². The van der Waals surface area contributed by atoms with Gasteiger partial charge in [-0.15, -0.1) is 11.3 Å². The molecule has 35 heavy (non-hydrogen) atoms. The Kier molecular flexibility index (Phi) is 6.65. The third kappa shape index (κ3) is 4.84. The molecule has 0 amide bonds. The van der Waals surface area contributed by atoms with Gasteiger partial charge in [-0.1, -0.05) is 23.7 Å². The number of rotatable bonds is 8. The third-order valence-corrected chi connectivity index (χ3v) is 9.45. The topological polar surface area (TPSA) is 83.6 Å². The predicted molar refractivity (Wildman–Crippen MR) is 137 cm³/mol. The van der Waals surface area contributed by atoms with E-state index in [1.165, 1.54) is 11.8 Å². The minimum Gasteiger partial charge on any atom is -0.497 e. The van der Waals surface area contributed by atoms with Gasteiger partial charge in [-0.2, -0.15) is 0 Å². The number of nitrogens with one attached hydrogen (secondary N) is 2. The highest BCUT2D eigenvalue weighted by Gasteiger charge is 2.48. The summed E-state index contributed by atoms with van der Waals surface area (Å²) >= 11 is 7.52. The van der Waals surface area contributed by atoms with E-state index in [2.05, 4.69) is 32.1 Å². The molecule has 0 saturated carbocycles. The van der Waals surface area contributed by atoms with Crippen LogP contribution in [0.4, 0.5) is 15.2 Å². The number of hydrogen-bond donors (Lipinski definition) is 2. The molecule has 0 unspecified atom stereocenters. The Morgan fingerprint density at radius 2 is 2.11 bits per heavy atom. The fourth-order valence-corrected chi connectivity index (χ4v) is 7.42. The number of halogens is 2. The summed E-state index contributed by atoms with van der Waals surface area (Å²) < 4.78 is 47.7. The second-order valence-electron chi connectivity index (χ2n) is 9.01. The fourth-order valence-electron chi connectivity index (χ4n) is 5.24. The maximum Gasteiger partial charge on any atom is 0.266 e. The Hall–Kier alpha value is -2.40. The number of fused-ring (bicyclic) bond motifs is 1. The Labute approximate surface area is 213 Å². The normalized spacial score (nSPS) is 22.2. The van der Waals surface area contributed by atoms with E-state index in [0.717, 1.165) is 61.6 Å². The summed E-state index contributed by atoms with van der Waals surface area (Å²) in [6.07, 6.45) is 4.60. The highest BCUT2D eigenvalue weighted by Crippen LogP contribution is 2.46. The van der Waals surface area contributed by atoms with Crippen LogP contribution in [0.2, 0.25) is 5.02 Å². The Balaban J connectivity index is 1.31. The maximum absolute atomic E-state index is 14.9. The molecule has 0 radical (unpaired) electrons. The summed E-state index contributed by atoms with van der Waals surface area (Å²) in [7, 11) is -2.49. The zero-order valence-electron chi connectivity index (χ0n) is 19.1. The van der Waals surface area contributed by atoms with E-state index in [1.54, 1.807) is 12.5 Å². The minimum atomic E-state index is -4.15. The van der Waals surface area contributed by atoms with Crippen molar-refractivity contribution in [2.45, 2.75) is 35.6 Å². The first kappa shape index (κ1) is 24.3. The van der Waals surface area contributed by atoms with E-state index in [4.69, 9.17) is 16.3 Å². The second-order valence-corrected chi connectivity index (χ2v) is 12.0. The van der Waals surface area contributed by atoms with E-state index in [-0.39, 0.29) is 15.7 Å². The van der Waals surface area contributed by atoms with Gasteiger partial charge >= 0.3 is 0 Å². The number of thiazole rings is 1. The van der Waals surface area contributed by atoms with Crippen molar-refractivity contribution in [3.05, 3.63) is 64.4 Å². The lowest BCUT2D eigenvalue weighted by atomic mass is 9.86. The first-order chi connectivity index (χ1) is 16.8. The molecule has 2 fully saturated rings. The van der Waals surface area contributed by atoms with Crippen LogP contribution in [-0.2, 0) is 10.0 Å². The van der Waals surface area contributed by atoms with Crippen LogP contribution in [0.1, 0.15) is 30.7 Å². The van der Waals surface area contributed by atoms with Gasteiger partial charge < -0.3 is 10.1 Å². The monoisotopic (exact) mass is 536 g/mol. The van der Waals surface area contributed by atoms with Gasteiger partial charge in [0.2, 0.25) is 0 Å². The standard InChI is InChI=1S/C24H26ClFN4O3S2/c1-33-18-5-3-16(4-6-18)17-13-24(7-2-9-30(24)14-17)15-28-21-12-20(26)22(11-19(21)25)35(31,32)29-23-27-8-10-34-23/h3-6,8,10-12,17,28H,2,7,9,13-15H2,1H3,(H,27,29)/t17-,24-/m0/s1. The number of benzene rings is 2. The van der Waals surface area contributed by atoms with Gasteiger partial charge in [0, 0.05) is 30.2 Å². The molecular formula is C24H26ClFN4O3S2. The average molecular weight is 537 g/mol. The average Bonchev–Trinajstić information content (AvgIpc) is 3.55. The summed E-state index contributed by atoms with van der Waals surface area (Å²) in [6, 6.07) is 10.5. The van der Waals surface area contributed by atoms with E-state index in [0.29, 0.717) is 18.2 Å². The number of anilines is 2. The van der Waals surface area contributed by atoms with Crippen molar-refractivity contribution in [2.75, 3.05) is 36.8 Å². The zero-order valence-corrected chi connectivity index (χ0v) is 21.5. The smallest absolute Gasteiger partial charge is 0.266 e. The van der Waals surface area contributed by atoms with Crippen molar-refractivity contribution in [1.82, 2.24) is 9.88 Å². The van der Waals surface area contributed by atoms with Crippen molar-refractivity contribution >= 4 is 43.8 Å². The molecule has 186 valence electrons. The molecule has 2 N–H and O–H groups in total. The molecule has 5 rings (SSSR count). The molecule has 7 nitrogen and oxygen atoms in total. The third-order valence-electron chi connectivity index (χ3n) is 6.97. The van der Waals surface area contributed by atoms with Gasteiger partial charge in [0.25, 0.3) is 10.0 Å². The number of hydrogen-bond acceptors (Lipinski definition) is 7. The van der Waals surface area contributed by atoms with Crippen LogP contribution in [0.5, 0.6) is 5.75 Å². The summed E-state index contributed by atoms with van der Waals surface area (Å²) in [6.45, 7) is 2.59. The number of aromatic nitrogens is 1. The number of ether oxygens (including phenoxy) is 1. The van der Waals surface area contributed by atoms with Gasteiger partial charge in [-0.25, -0.2) is 17.8 Å². The fraction of sp³-hybridized carbons (Fsp3) is 0.375. The molecule has 2 aliphatic heterocycles. The molecule has 0 bridgehead atoms. The Bertz CT molecular complexity index is 1310. The molecule has 1 aromatic heterocycles. The lowest BCUT2D eigenvalue weighted by molar-refractivity contribution is 0.209. The Morgan fingerprint density at radius 3 is 2.83 bits per heavy atom. The maximum atomic E-state index is 14.9. The van der Waals surface area contributed by atoms with Crippen molar-refractivity contribution in [3.8, 4) is 5.75 Å². The van der Waals surface area contributed by atoms with Crippen LogP contribution < -0.4 is 14.8 Å². The van der Waals surface area contributed by atoms with E-state index in [9.17, 15) is 12.8 Å². The summed E-state index contributed by atoms with van der Waals surface area (Å²) in [5.41, 5.74) is 1.61. The van der Waals surface area contributed by atoms with Gasteiger partial charge in [0.05, 0.1) is 17.8 Å². The largest absolute Gasteiger partial charge is 0.497 e. The number of methoxy groups -OCH3 is 1. The van der Waals surface area contributed by atoms with Crippen molar-refractivity contribution in [2.24, 2.45) is 0 Å². The van der Waals surface area contributed by atoms with E-state index in [1.807, 2.05) is 12.1 Å². The molecule has 3 heterocycles. The van der Waals surface area contributed by atoms with Gasteiger partial charge in [0.15, 0.2) is 5.13 Å². The summed E-state index contributed by atoms with van der Waals surface area (Å²) in [5, 5.41) is 5.25. The summed E-state index contributed by atoms with van der Waals surface area (Å²) in [4.78, 5) is 5.89. The molecule has 2 aliphatic rings. The Morgan fingerprint density at radius 1 is 1.31 bits per heavy atom. The number of nitrogens with zero attached hydrogens (tertiary/aromatic N) is 2. The lowest BCUT2D eigenvalue weighted by Gasteiger charge is -2.32. The van der Waals surface area contributed by atoms with Gasteiger partial charge in [-0.3, -0.25) is 9.62 Å². The van der Waals surface area contributed by atoms with E-state index < -0.39 is 20.7 Å². The van der Waals surface area contributed by atoms with Gasteiger partial charge in [0.1, 0.15) is 16.5 Å². The molecule has 11 heteroatoms.